The fraction of sp³-hybridized carbons (Fsp3) is 0.143. The van der Waals surface area contributed by atoms with Crippen molar-refractivity contribution in [3.8, 4) is 5.75 Å². The van der Waals surface area contributed by atoms with Crippen molar-refractivity contribution in [3.63, 3.8) is 0 Å². The number of carbonyl (C=O) groups is 1. The summed E-state index contributed by atoms with van der Waals surface area (Å²) in [6.45, 7) is -2.96. The lowest BCUT2D eigenvalue weighted by molar-refractivity contribution is -0.113. The maximum atomic E-state index is 12.1. The number of hydrogen-bond donors (Lipinski definition) is 1. The molecule has 2 rings (SSSR count). The van der Waals surface area contributed by atoms with E-state index in [4.69, 9.17) is 23.2 Å². The van der Waals surface area contributed by atoms with E-state index in [1.54, 1.807) is 12.1 Å². The summed E-state index contributed by atoms with van der Waals surface area (Å²) in [5.74, 6) is -0.314. The highest BCUT2D eigenvalue weighted by Crippen LogP contribution is 2.29. The Morgan fingerprint density at radius 3 is 2.70 bits per heavy atom. The summed E-state index contributed by atoms with van der Waals surface area (Å²) in [7, 11) is 0. The molecule has 23 heavy (non-hydrogen) atoms. The van der Waals surface area contributed by atoms with E-state index in [0.29, 0.717) is 15.7 Å². The van der Waals surface area contributed by atoms with Gasteiger partial charge >= 0.3 is 6.61 Å². The number of thioether (sulfide) groups is 1. The second-order valence-electron chi connectivity index (χ2n) is 4.18. The molecule has 0 atom stereocenters. The zero-order valence-electron chi connectivity index (χ0n) is 11.4. The molecule has 0 aliphatic carbocycles. The average molecular weight is 379 g/mol. The van der Waals surface area contributed by atoms with Gasteiger partial charge in [-0.25, -0.2) is 4.98 Å². The normalized spacial score (nSPS) is 10.7. The molecular formula is C14H10Cl2F2N2O2S. The lowest BCUT2D eigenvalue weighted by atomic mass is 10.3. The Hall–Kier alpha value is -1.57. The number of alkyl halides is 2. The van der Waals surface area contributed by atoms with Gasteiger partial charge in [-0.2, -0.15) is 8.78 Å². The Morgan fingerprint density at radius 2 is 2.09 bits per heavy atom. The Bertz CT molecular complexity index is 687. The molecule has 122 valence electrons. The minimum absolute atomic E-state index is 0.0184. The topological polar surface area (TPSA) is 51.2 Å². The highest BCUT2D eigenvalue weighted by atomic mass is 35.5. The molecule has 0 unspecified atom stereocenters. The zero-order chi connectivity index (χ0) is 16.8. The number of anilines is 1. The van der Waals surface area contributed by atoms with E-state index in [2.05, 4.69) is 15.0 Å². The number of ether oxygens (including phenoxy) is 1. The van der Waals surface area contributed by atoms with E-state index < -0.39 is 6.61 Å². The first-order valence-electron chi connectivity index (χ1n) is 6.22. The minimum atomic E-state index is -2.96. The molecule has 1 aromatic heterocycles. The molecule has 0 spiro atoms. The summed E-state index contributed by atoms with van der Waals surface area (Å²) in [4.78, 5) is 15.9. The molecule has 0 aliphatic heterocycles. The van der Waals surface area contributed by atoms with Crippen molar-refractivity contribution in [1.29, 1.82) is 0 Å². The number of benzene rings is 1. The number of pyridine rings is 1. The number of carbonyl (C=O) groups excluding carboxylic acids is 1. The van der Waals surface area contributed by atoms with Gasteiger partial charge in [0.25, 0.3) is 0 Å². The maximum absolute atomic E-state index is 12.1. The molecule has 1 heterocycles. The standard InChI is InChI=1S/C14H10Cl2F2N2O2S/c15-8-1-4-13(19-6-8)23-7-12(21)20-9-2-3-11(10(16)5-9)22-14(17)18/h1-6,14H,7H2,(H,20,21). The van der Waals surface area contributed by atoms with E-state index in [-0.39, 0.29) is 22.4 Å². The number of nitrogens with one attached hydrogen (secondary N) is 1. The summed E-state index contributed by atoms with van der Waals surface area (Å²) in [6.07, 6.45) is 1.49. The smallest absolute Gasteiger partial charge is 0.387 e. The van der Waals surface area contributed by atoms with Crippen LogP contribution in [0.2, 0.25) is 10.0 Å². The third-order valence-electron chi connectivity index (χ3n) is 2.48. The van der Waals surface area contributed by atoms with Crippen molar-refractivity contribution >= 4 is 46.6 Å². The van der Waals surface area contributed by atoms with Crippen molar-refractivity contribution in [1.82, 2.24) is 4.98 Å². The highest BCUT2D eigenvalue weighted by molar-refractivity contribution is 7.99. The summed E-state index contributed by atoms with van der Waals surface area (Å²) in [5, 5.41) is 3.75. The largest absolute Gasteiger partial charge is 0.433 e. The van der Waals surface area contributed by atoms with Crippen LogP contribution in [0.5, 0.6) is 5.75 Å². The van der Waals surface area contributed by atoms with Crippen LogP contribution >= 0.6 is 35.0 Å². The molecule has 0 radical (unpaired) electrons. The first-order valence-corrected chi connectivity index (χ1v) is 7.97. The quantitative estimate of drug-likeness (QED) is 0.738. The van der Waals surface area contributed by atoms with Gasteiger partial charge in [-0.05, 0) is 30.3 Å². The highest BCUT2D eigenvalue weighted by Gasteiger charge is 2.10. The Morgan fingerprint density at radius 1 is 1.30 bits per heavy atom. The fourth-order valence-corrected chi connectivity index (χ4v) is 2.53. The van der Waals surface area contributed by atoms with Crippen LogP contribution in [0, 0.1) is 0 Å². The molecule has 1 aromatic carbocycles. The number of nitrogens with zero attached hydrogens (tertiary/aromatic N) is 1. The Balaban J connectivity index is 1.89. The van der Waals surface area contributed by atoms with Gasteiger partial charge < -0.3 is 10.1 Å². The van der Waals surface area contributed by atoms with Crippen LogP contribution in [0.1, 0.15) is 0 Å². The van der Waals surface area contributed by atoms with Crippen molar-refractivity contribution in [2.45, 2.75) is 11.6 Å². The zero-order valence-corrected chi connectivity index (χ0v) is 13.8. The minimum Gasteiger partial charge on any atom is -0.433 e. The predicted octanol–water partition coefficient (Wildman–Crippen LogP) is 4.72. The van der Waals surface area contributed by atoms with Crippen LogP contribution in [0.15, 0.2) is 41.6 Å². The van der Waals surface area contributed by atoms with Gasteiger partial charge in [-0.3, -0.25) is 4.79 Å². The van der Waals surface area contributed by atoms with Gasteiger partial charge in [0, 0.05) is 11.9 Å². The first kappa shape index (κ1) is 17.8. The molecule has 1 amide bonds. The molecule has 0 saturated heterocycles. The third-order valence-corrected chi connectivity index (χ3v) is 3.95. The Labute approximate surface area is 145 Å². The van der Waals surface area contributed by atoms with E-state index in [1.807, 2.05) is 0 Å². The second kappa shape index (κ2) is 8.33. The van der Waals surface area contributed by atoms with Gasteiger partial charge in [-0.15, -0.1) is 0 Å². The summed E-state index contributed by atoms with van der Waals surface area (Å²) in [5.41, 5.74) is 0.381. The molecule has 2 aromatic rings. The van der Waals surface area contributed by atoms with Gasteiger partial charge in [0.2, 0.25) is 5.91 Å². The summed E-state index contributed by atoms with van der Waals surface area (Å²) >= 11 is 12.8. The van der Waals surface area contributed by atoms with Crippen molar-refractivity contribution in [3.05, 3.63) is 46.6 Å². The SMILES string of the molecule is O=C(CSc1ccc(Cl)cn1)Nc1ccc(OC(F)F)c(Cl)c1. The first-order chi connectivity index (χ1) is 10.9. The lowest BCUT2D eigenvalue weighted by Crippen LogP contribution is -2.14. The van der Waals surface area contributed by atoms with E-state index in [1.165, 1.54) is 36.2 Å². The van der Waals surface area contributed by atoms with E-state index in [0.717, 1.165) is 0 Å². The molecule has 0 saturated carbocycles. The number of amides is 1. The second-order valence-corrected chi connectivity index (χ2v) is 6.01. The summed E-state index contributed by atoms with van der Waals surface area (Å²) in [6, 6.07) is 7.40. The van der Waals surface area contributed by atoms with Crippen LogP contribution in [-0.4, -0.2) is 23.3 Å². The predicted molar refractivity (Wildman–Crippen MR) is 86.7 cm³/mol. The van der Waals surface area contributed by atoms with Crippen LogP contribution in [-0.2, 0) is 4.79 Å². The molecule has 0 fully saturated rings. The number of rotatable bonds is 6. The van der Waals surface area contributed by atoms with E-state index >= 15 is 0 Å². The van der Waals surface area contributed by atoms with Crippen molar-refractivity contribution in [2.24, 2.45) is 0 Å². The molecule has 0 aliphatic rings. The molecule has 4 nitrogen and oxygen atoms in total. The average Bonchev–Trinajstić information content (AvgIpc) is 2.49. The lowest BCUT2D eigenvalue weighted by Gasteiger charge is -2.09. The van der Waals surface area contributed by atoms with Crippen LogP contribution < -0.4 is 10.1 Å². The maximum Gasteiger partial charge on any atom is 0.387 e. The summed E-state index contributed by atoms with van der Waals surface area (Å²) < 4.78 is 28.5. The van der Waals surface area contributed by atoms with Gasteiger partial charge in [0.1, 0.15) is 5.75 Å². The third kappa shape index (κ3) is 5.85. The number of aromatic nitrogens is 1. The van der Waals surface area contributed by atoms with Crippen LogP contribution in [0.25, 0.3) is 0 Å². The van der Waals surface area contributed by atoms with Crippen LogP contribution in [0.3, 0.4) is 0 Å². The fourth-order valence-electron chi connectivity index (χ4n) is 1.55. The number of halogens is 4. The molecule has 0 bridgehead atoms. The number of hydrogen-bond acceptors (Lipinski definition) is 4. The van der Waals surface area contributed by atoms with Crippen molar-refractivity contribution in [2.75, 3.05) is 11.1 Å². The van der Waals surface area contributed by atoms with E-state index in [9.17, 15) is 13.6 Å². The molecule has 1 N–H and O–H groups in total. The van der Waals surface area contributed by atoms with Gasteiger partial charge in [-0.1, -0.05) is 35.0 Å². The van der Waals surface area contributed by atoms with Crippen molar-refractivity contribution < 1.29 is 18.3 Å². The molecule has 9 heteroatoms. The van der Waals surface area contributed by atoms with Crippen LogP contribution in [0.4, 0.5) is 14.5 Å². The Kier molecular flexibility index (Phi) is 6.44. The van der Waals surface area contributed by atoms with Gasteiger partial charge in [0.05, 0.1) is 20.8 Å². The molecular weight excluding hydrogens is 369 g/mol. The monoisotopic (exact) mass is 378 g/mol. The van der Waals surface area contributed by atoms with Gasteiger partial charge in [0.15, 0.2) is 0 Å².